The Balaban J connectivity index is 2.77. The topological polar surface area (TPSA) is 12.5 Å². The maximum atomic E-state index is 5.94. The lowest BCUT2D eigenvalue weighted by atomic mass is 9.76. The summed E-state index contributed by atoms with van der Waals surface area (Å²) in [5.74, 6) is 0.788. The van der Waals surface area contributed by atoms with Crippen LogP contribution in [0.2, 0.25) is 0 Å². The molecule has 0 bridgehead atoms. The third kappa shape index (κ3) is 2.94. The van der Waals surface area contributed by atoms with Gasteiger partial charge in [-0.05, 0) is 52.9 Å². The average Bonchev–Trinajstić information content (AvgIpc) is 1.98. The summed E-state index contributed by atoms with van der Waals surface area (Å²) in [7, 11) is 0. The molecular weight excluding hydrogens is 186 g/mol. The van der Waals surface area contributed by atoms with Crippen LogP contribution in [0.15, 0.2) is 0 Å². The molecule has 0 spiro atoms. The van der Waals surface area contributed by atoms with E-state index in [4.69, 9.17) is 4.84 Å². The van der Waals surface area contributed by atoms with E-state index in [1.54, 1.807) is 0 Å². The highest BCUT2D eigenvalue weighted by Gasteiger charge is 2.44. The Kier molecular flexibility index (Phi) is 3.83. The second-order valence-electron chi connectivity index (χ2n) is 6.27. The molecule has 0 unspecified atom stereocenters. The lowest BCUT2D eigenvalue weighted by Crippen LogP contribution is -2.60. The van der Waals surface area contributed by atoms with Crippen LogP contribution in [-0.4, -0.2) is 22.7 Å². The molecule has 0 radical (unpaired) electrons. The van der Waals surface area contributed by atoms with Gasteiger partial charge in [-0.1, -0.05) is 13.8 Å². The van der Waals surface area contributed by atoms with Gasteiger partial charge >= 0.3 is 0 Å². The minimum Gasteiger partial charge on any atom is -0.298 e. The predicted octanol–water partition coefficient (Wildman–Crippen LogP) is 3.62. The third-order valence-corrected chi connectivity index (χ3v) is 3.22. The molecule has 1 saturated heterocycles. The van der Waals surface area contributed by atoms with Gasteiger partial charge in [-0.15, -0.1) is 0 Å². The van der Waals surface area contributed by atoms with E-state index in [1.807, 2.05) is 0 Å². The molecule has 1 aliphatic heterocycles. The number of rotatable bonds is 3. The quantitative estimate of drug-likeness (QED) is 0.710. The highest BCUT2D eigenvalue weighted by molar-refractivity contribution is 4.95. The van der Waals surface area contributed by atoms with Crippen LogP contribution >= 0.6 is 0 Å². The molecule has 0 amide bonds. The van der Waals surface area contributed by atoms with Crippen molar-refractivity contribution in [2.24, 2.45) is 5.92 Å². The van der Waals surface area contributed by atoms with Gasteiger partial charge in [-0.25, -0.2) is 0 Å². The fourth-order valence-corrected chi connectivity index (χ4v) is 3.29. The van der Waals surface area contributed by atoms with E-state index in [0.717, 1.165) is 18.9 Å². The second kappa shape index (κ2) is 4.42. The molecule has 2 heteroatoms. The van der Waals surface area contributed by atoms with Crippen molar-refractivity contribution >= 4 is 0 Å². The highest BCUT2D eigenvalue weighted by Crippen LogP contribution is 2.41. The van der Waals surface area contributed by atoms with E-state index in [-0.39, 0.29) is 11.1 Å². The van der Waals surface area contributed by atoms with Crippen LogP contribution in [0, 0.1) is 5.92 Å². The summed E-state index contributed by atoms with van der Waals surface area (Å²) in [5.41, 5.74) is 0.326. The first-order valence-corrected chi connectivity index (χ1v) is 6.23. The van der Waals surface area contributed by atoms with Crippen LogP contribution in [0.4, 0.5) is 0 Å². The zero-order valence-electron chi connectivity index (χ0n) is 11.3. The first-order chi connectivity index (χ1) is 6.79. The Bertz CT molecular complexity index is 193. The van der Waals surface area contributed by atoms with E-state index in [1.165, 1.54) is 12.8 Å². The van der Waals surface area contributed by atoms with Crippen molar-refractivity contribution in [2.75, 3.05) is 6.61 Å². The van der Waals surface area contributed by atoms with Crippen molar-refractivity contribution in [3.63, 3.8) is 0 Å². The molecule has 0 aromatic carbocycles. The van der Waals surface area contributed by atoms with E-state index in [0.29, 0.717) is 0 Å². The Hall–Kier alpha value is -0.0800. The molecule has 1 rings (SSSR count). The summed E-state index contributed by atoms with van der Waals surface area (Å²) in [6.45, 7) is 14.5. The van der Waals surface area contributed by atoms with Crippen molar-refractivity contribution in [1.29, 1.82) is 0 Å². The molecule has 0 atom stereocenters. The second-order valence-corrected chi connectivity index (χ2v) is 6.27. The fourth-order valence-electron chi connectivity index (χ4n) is 3.29. The summed E-state index contributed by atoms with van der Waals surface area (Å²) in [6.07, 6.45) is 3.53. The number of piperidine rings is 1. The van der Waals surface area contributed by atoms with Crippen molar-refractivity contribution in [3.8, 4) is 0 Å². The van der Waals surface area contributed by atoms with Gasteiger partial charge in [0.05, 0.1) is 6.61 Å². The average molecular weight is 213 g/mol. The lowest BCUT2D eigenvalue weighted by Gasteiger charge is -2.53. The Morgan fingerprint density at radius 2 is 1.60 bits per heavy atom. The Labute approximate surface area is 94.9 Å². The number of hydrogen-bond donors (Lipinski definition) is 0. The van der Waals surface area contributed by atoms with Gasteiger partial charge in [-0.2, -0.15) is 5.06 Å². The standard InChI is InChI=1S/C13H27NO/c1-7-8-15-14-12(3,4)9-11(2)10-13(14,5)6/h11H,7-10H2,1-6H3. The zero-order valence-corrected chi connectivity index (χ0v) is 11.3. The van der Waals surface area contributed by atoms with Gasteiger partial charge in [0.1, 0.15) is 0 Å². The van der Waals surface area contributed by atoms with Crippen molar-refractivity contribution in [3.05, 3.63) is 0 Å². The number of nitrogens with zero attached hydrogens (tertiary/aromatic N) is 1. The molecule has 0 aromatic rings. The fraction of sp³-hybridized carbons (Fsp3) is 1.00. The maximum Gasteiger partial charge on any atom is 0.0683 e. The normalized spacial score (nSPS) is 26.8. The van der Waals surface area contributed by atoms with Crippen LogP contribution in [-0.2, 0) is 4.84 Å². The molecule has 0 saturated carbocycles. The van der Waals surface area contributed by atoms with Crippen LogP contribution < -0.4 is 0 Å². The summed E-state index contributed by atoms with van der Waals surface area (Å²) >= 11 is 0. The SMILES string of the molecule is CCCON1C(C)(C)CC(C)CC1(C)C. The Morgan fingerprint density at radius 1 is 1.13 bits per heavy atom. The van der Waals surface area contributed by atoms with Crippen molar-refractivity contribution in [1.82, 2.24) is 5.06 Å². The minimum absolute atomic E-state index is 0.163. The van der Waals surface area contributed by atoms with Gasteiger partial charge in [0.15, 0.2) is 0 Å². The molecule has 90 valence electrons. The summed E-state index contributed by atoms with van der Waals surface area (Å²) in [4.78, 5) is 5.94. The van der Waals surface area contributed by atoms with Crippen LogP contribution in [0.5, 0.6) is 0 Å². The minimum atomic E-state index is 0.163. The van der Waals surface area contributed by atoms with Gasteiger partial charge < -0.3 is 0 Å². The molecule has 0 N–H and O–H groups in total. The van der Waals surface area contributed by atoms with Gasteiger partial charge in [-0.3, -0.25) is 4.84 Å². The first kappa shape index (κ1) is 13.0. The molecule has 0 aliphatic carbocycles. The molecule has 0 aromatic heterocycles. The smallest absolute Gasteiger partial charge is 0.0683 e. The van der Waals surface area contributed by atoms with E-state index >= 15 is 0 Å². The number of hydroxylamine groups is 2. The lowest BCUT2D eigenvalue weighted by molar-refractivity contribution is -0.286. The van der Waals surface area contributed by atoms with Gasteiger partial charge in [0, 0.05) is 11.1 Å². The number of hydrogen-bond acceptors (Lipinski definition) is 2. The third-order valence-electron chi connectivity index (χ3n) is 3.22. The monoisotopic (exact) mass is 213 g/mol. The van der Waals surface area contributed by atoms with Crippen molar-refractivity contribution in [2.45, 2.75) is 71.9 Å². The molecule has 15 heavy (non-hydrogen) atoms. The summed E-state index contributed by atoms with van der Waals surface area (Å²) in [6, 6.07) is 0. The summed E-state index contributed by atoms with van der Waals surface area (Å²) < 4.78 is 0. The van der Waals surface area contributed by atoms with Crippen LogP contribution in [0.25, 0.3) is 0 Å². The van der Waals surface area contributed by atoms with E-state index in [9.17, 15) is 0 Å². The van der Waals surface area contributed by atoms with E-state index < -0.39 is 0 Å². The summed E-state index contributed by atoms with van der Waals surface area (Å²) in [5, 5.41) is 2.24. The van der Waals surface area contributed by atoms with Crippen LogP contribution in [0.1, 0.15) is 60.8 Å². The Morgan fingerprint density at radius 3 is 2.00 bits per heavy atom. The molecular formula is C13H27NO. The molecule has 2 nitrogen and oxygen atoms in total. The zero-order chi connectivity index (χ0) is 11.7. The van der Waals surface area contributed by atoms with Gasteiger partial charge in [0.25, 0.3) is 0 Å². The molecule has 1 heterocycles. The predicted molar refractivity (Wildman–Crippen MR) is 64.6 cm³/mol. The highest BCUT2D eigenvalue weighted by atomic mass is 16.7. The van der Waals surface area contributed by atoms with Crippen LogP contribution in [0.3, 0.4) is 0 Å². The van der Waals surface area contributed by atoms with Gasteiger partial charge in [0.2, 0.25) is 0 Å². The first-order valence-electron chi connectivity index (χ1n) is 6.23. The maximum absolute atomic E-state index is 5.94. The largest absolute Gasteiger partial charge is 0.298 e. The molecule has 1 fully saturated rings. The van der Waals surface area contributed by atoms with E-state index in [2.05, 4.69) is 46.6 Å². The molecule has 1 aliphatic rings. The van der Waals surface area contributed by atoms with Crippen molar-refractivity contribution < 1.29 is 4.84 Å².